The van der Waals surface area contributed by atoms with Crippen LogP contribution in [0.15, 0.2) is 30.3 Å². The first-order valence-electron chi connectivity index (χ1n) is 3.29. The maximum Gasteiger partial charge on any atom is 0.203 e. The number of hydrogen-bond donors (Lipinski definition) is 0. The van der Waals surface area contributed by atoms with Gasteiger partial charge in [0.25, 0.3) is 0 Å². The fraction of sp³-hybridized carbons (Fsp3) is 0.250. The molecule has 1 rings (SSSR count). The van der Waals surface area contributed by atoms with E-state index in [9.17, 15) is 0 Å². The van der Waals surface area contributed by atoms with E-state index in [4.69, 9.17) is 58.0 Å². The molecule has 0 spiro atoms. The van der Waals surface area contributed by atoms with E-state index < -0.39 is 3.79 Å². The second kappa shape index (κ2) is 7.03. The van der Waals surface area contributed by atoms with Crippen molar-refractivity contribution in [1.82, 2.24) is 0 Å². The van der Waals surface area contributed by atoms with Crippen LogP contribution >= 0.6 is 58.0 Å². The van der Waals surface area contributed by atoms with Crippen LogP contribution in [0, 0.1) is 0 Å². The van der Waals surface area contributed by atoms with E-state index in [2.05, 4.69) is 0 Å². The molecule has 0 unspecified atom stereocenters. The molecule has 0 heterocycles. The predicted molar refractivity (Wildman–Crippen MR) is 62.5 cm³/mol. The molecule has 0 aliphatic carbocycles. The van der Waals surface area contributed by atoms with Gasteiger partial charge in [-0.2, -0.15) is 0 Å². The van der Waals surface area contributed by atoms with Crippen LogP contribution in [-0.4, -0.2) is 9.67 Å². The lowest BCUT2D eigenvalue weighted by molar-refractivity contribution is 1.28. The van der Waals surface area contributed by atoms with Gasteiger partial charge in [-0.3, -0.25) is 0 Å². The maximum absolute atomic E-state index is 5.54. The van der Waals surface area contributed by atoms with Crippen molar-refractivity contribution in [1.29, 1.82) is 0 Å². The SMILES string of the molecule is ClCC(Cl)(Cl)Cl.Clc1ccccc1. The third kappa shape index (κ3) is 10.6. The Morgan fingerprint density at radius 3 is 1.54 bits per heavy atom. The Bertz CT molecular complexity index is 216. The van der Waals surface area contributed by atoms with Gasteiger partial charge < -0.3 is 0 Å². The van der Waals surface area contributed by atoms with Crippen molar-refractivity contribution in [2.24, 2.45) is 0 Å². The highest BCUT2D eigenvalue weighted by Crippen LogP contribution is 2.26. The van der Waals surface area contributed by atoms with Gasteiger partial charge in [-0.1, -0.05) is 64.6 Å². The predicted octanol–water partition coefficient (Wildman–Crippen LogP) is 4.94. The first-order chi connectivity index (χ1) is 5.95. The van der Waals surface area contributed by atoms with E-state index in [0.717, 1.165) is 5.02 Å². The molecule has 0 N–H and O–H groups in total. The summed E-state index contributed by atoms with van der Waals surface area (Å²) in [7, 11) is 0. The fourth-order valence-corrected chi connectivity index (χ4v) is 0.560. The lowest BCUT2D eigenvalue weighted by Gasteiger charge is -2.00. The average molecular weight is 280 g/mol. The Morgan fingerprint density at radius 1 is 1.00 bits per heavy atom. The molecule has 0 aliphatic rings. The zero-order valence-corrected chi connectivity index (χ0v) is 10.3. The van der Waals surface area contributed by atoms with Gasteiger partial charge in [0.05, 0.1) is 5.88 Å². The third-order valence-corrected chi connectivity index (χ3v) is 2.35. The van der Waals surface area contributed by atoms with Gasteiger partial charge in [0.1, 0.15) is 0 Å². The Morgan fingerprint density at radius 2 is 1.38 bits per heavy atom. The number of alkyl halides is 4. The molecular weight excluding hydrogens is 273 g/mol. The van der Waals surface area contributed by atoms with Gasteiger partial charge in [0.15, 0.2) is 0 Å². The Labute approximate surface area is 103 Å². The summed E-state index contributed by atoms with van der Waals surface area (Å²) in [6.07, 6.45) is 0. The largest absolute Gasteiger partial charge is 0.203 e. The molecule has 0 fully saturated rings. The molecule has 0 aromatic heterocycles. The number of halogens is 5. The zero-order valence-electron chi connectivity index (χ0n) is 6.48. The van der Waals surface area contributed by atoms with Crippen LogP contribution < -0.4 is 0 Å². The first kappa shape index (κ1) is 13.7. The lowest BCUT2D eigenvalue weighted by Crippen LogP contribution is -2.01. The second-order valence-electron chi connectivity index (χ2n) is 2.04. The van der Waals surface area contributed by atoms with Gasteiger partial charge in [0.2, 0.25) is 3.79 Å². The van der Waals surface area contributed by atoms with Crippen LogP contribution in [0.4, 0.5) is 0 Å². The van der Waals surface area contributed by atoms with E-state index in [-0.39, 0.29) is 5.88 Å². The summed E-state index contributed by atoms with van der Waals surface area (Å²) in [6.45, 7) is 0. The molecule has 1 aromatic carbocycles. The fourth-order valence-electron chi connectivity index (χ4n) is 0.415. The highest BCUT2D eigenvalue weighted by molar-refractivity contribution is 6.69. The molecule has 0 atom stereocenters. The van der Waals surface area contributed by atoms with Crippen LogP contribution in [-0.2, 0) is 0 Å². The second-order valence-corrected chi connectivity index (χ2v) is 5.26. The molecule has 5 heteroatoms. The van der Waals surface area contributed by atoms with Crippen molar-refractivity contribution in [3.8, 4) is 0 Å². The quantitative estimate of drug-likeness (QED) is 0.591. The van der Waals surface area contributed by atoms with Crippen LogP contribution in [0.1, 0.15) is 0 Å². The molecule has 1 aromatic rings. The van der Waals surface area contributed by atoms with Crippen molar-refractivity contribution in [2.75, 3.05) is 5.88 Å². The molecule has 0 bridgehead atoms. The molecular formula is C8H7Cl5. The number of benzene rings is 1. The summed E-state index contributed by atoms with van der Waals surface area (Å²) >= 11 is 26.0. The summed E-state index contributed by atoms with van der Waals surface area (Å²) in [5, 5.41) is 0.794. The van der Waals surface area contributed by atoms with Gasteiger partial charge in [-0.25, -0.2) is 0 Å². The standard InChI is InChI=1S/C6H5Cl.C2H2Cl4/c7-6-4-2-1-3-5-6;3-1-2(4,5)6/h1-5H;1H2. The Hall–Kier alpha value is 0.670. The molecule has 0 radical (unpaired) electrons. The van der Waals surface area contributed by atoms with Crippen LogP contribution in [0.3, 0.4) is 0 Å². The van der Waals surface area contributed by atoms with Crippen molar-refractivity contribution in [2.45, 2.75) is 3.79 Å². The minimum atomic E-state index is -1.28. The molecule has 0 saturated carbocycles. The van der Waals surface area contributed by atoms with E-state index in [1.165, 1.54) is 0 Å². The van der Waals surface area contributed by atoms with E-state index in [1.54, 1.807) is 0 Å². The van der Waals surface area contributed by atoms with Crippen molar-refractivity contribution in [3.63, 3.8) is 0 Å². The van der Waals surface area contributed by atoms with Crippen molar-refractivity contribution < 1.29 is 0 Å². The Balaban J connectivity index is 0.000000226. The van der Waals surface area contributed by atoms with E-state index >= 15 is 0 Å². The van der Waals surface area contributed by atoms with Gasteiger partial charge in [-0.05, 0) is 12.1 Å². The lowest BCUT2D eigenvalue weighted by atomic mass is 10.4. The number of rotatable bonds is 0. The van der Waals surface area contributed by atoms with Gasteiger partial charge >= 0.3 is 0 Å². The summed E-state index contributed by atoms with van der Waals surface area (Å²) in [5.74, 6) is 0.0394. The minimum absolute atomic E-state index is 0.0394. The highest BCUT2D eigenvalue weighted by atomic mass is 35.6. The summed E-state index contributed by atoms with van der Waals surface area (Å²) < 4.78 is -1.28. The first-order valence-corrected chi connectivity index (χ1v) is 5.33. The van der Waals surface area contributed by atoms with Crippen LogP contribution in [0.5, 0.6) is 0 Å². The molecule has 0 amide bonds. The molecule has 0 aliphatic heterocycles. The summed E-state index contributed by atoms with van der Waals surface area (Å²) in [4.78, 5) is 0. The normalized spacial score (nSPS) is 10.2. The molecule has 0 nitrogen and oxygen atoms in total. The van der Waals surface area contributed by atoms with E-state index in [1.807, 2.05) is 30.3 Å². The van der Waals surface area contributed by atoms with Crippen LogP contribution in [0.2, 0.25) is 5.02 Å². The topological polar surface area (TPSA) is 0 Å². The third-order valence-electron chi connectivity index (χ3n) is 0.885. The zero-order chi connectivity index (χ0) is 10.3. The van der Waals surface area contributed by atoms with Crippen molar-refractivity contribution in [3.05, 3.63) is 35.4 Å². The monoisotopic (exact) mass is 278 g/mol. The maximum atomic E-state index is 5.54. The smallest absolute Gasteiger partial charge is 0.122 e. The van der Waals surface area contributed by atoms with Gasteiger partial charge in [0, 0.05) is 5.02 Å². The molecule has 0 saturated heterocycles. The molecule has 74 valence electrons. The average Bonchev–Trinajstić information content (AvgIpc) is 2.06. The summed E-state index contributed by atoms with van der Waals surface area (Å²) in [6, 6.07) is 9.44. The van der Waals surface area contributed by atoms with Gasteiger partial charge in [-0.15, -0.1) is 11.6 Å². The van der Waals surface area contributed by atoms with Crippen LogP contribution in [0.25, 0.3) is 0 Å². The minimum Gasteiger partial charge on any atom is -0.122 e. The number of hydrogen-bond acceptors (Lipinski definition) is 0. The highest BCUT2D eigenvalue weighted by Gasteiger charge is 2.16. The molecule has 13 heavy (non-hydrogen) atoms. The summed E-state index contributed by atoms with van der Waals surface area (Å²) in [5.41, 5.74) is 0. The van der Waals surface area contributed by atoms with E-state index in [0.29, 0.717) is 0 Å². The Kier molecular flexibility index (Phi) is 7.39. The van der Waals surface area contributed by atoms with Crippen molar-refractivity contribution >= 4 is 58.0 Å².